The molecule has 75 heavy (non-hydrogen) atoms. The lowest BCUT2D eigenvalue weighted by Crippen LogP contribution is -2.65. The summed E-state index contributed by atoms with van der Waals surface area (Å²) in [4.78, 5) is 13.3. The summed E-state index contributed by atoms with van der Waals surface area (Å²) in [7, 11) is 0. The topological polar surface area (TPSA) is 228 Å². The van der Waals surface area contributed by atoms with Gasteiger partial charge in [-0.25, -0.2) is 0 Å². The van der Waals surface area contributed by atoms with Crippen molar-refractivity contribution in [2.24, 2.45) is 0 Å². The van der Waals surface area contributed by atoms with Crippen molar-refractivity contribution in [1.29, 1.82) is 0 Å². The summed E-state index contributed by atoms with van der Waals surface area (Å²) < 4.78 is 22.8. The number of nitrogens with one attached hydrogen (secondary N) is 1. The van der Waals surface area contributed by atoms with Crippen LogP contribution in [0, 0.1) is 0 Å². The Bertz CT molecular complexity index is 1400. The van der Waals surface area contributed by atoms with E-state index in [1.807, 2.05) is 6.08 Å². The van der Waals surface area contributed by atoms with Crippen molar-refractivity contribution in [3.63, 3.8) is 0 Å². The summed E-state index contributed by atoms with van der Waals surface area (Å²) in [5.41, 5.74) is 0. The molecule has 440 valence electrons. The van der Waals surface area contributed by atoms with E-state index >= 15 is 0 Å². The third-order valence-electron chi connectivity index (χ3n) is 15.0. The average Bonchev–Trinajstić information content (AvgIpc) is 3.41. The smallest absolute Gasteiger partial charge is 0.220 e. The number of carbonyl (C=O) groups is 1. The highest BCUT2D eigenvalue weighted by Crippen LogP contribution is 2.30. The van der Waals surface area contributed by atoms with Crippen LogP contribution in [0.3, 0.4) is 0 Å². The van der Waals surface area contributed by atoms with Crippen molar-refractivity contribution in [3.05, 3.63) is 36.5 Å². The zero-order valence-electron chi connectivity index (χ0n) is 47.3. The average molecular weight is 1070 g/mol. The van der Waals surface area contributed by atoms with Gasteiger partial charge in [0.15, 0.2) is 12.6 Å². The van der Waals surface area contributed by atoms with Crippen molar-refractivity contribution in [2.75, 3.05) is 19.8 Å². The molecule has 0 aromatic heterocycles. The Balaban J connectivity index is 1.76. The summed E-state index contributed by atoms with van der Waals surface area (Å²) in [5, 5.41) is 87.1. The number of unbranched alkanes of at least 4 members (excludes halogenated alkanes) is 32. The van der Waals surface area contributed by atoms with Gasteiger partial charge in [-0.3, -0.25) is 4.79 Å². The van der Waals surface area contributed by atoms with Crippen LogP contribution in [0.1, 0.15) is 251 Å². The van der Waals surface area contributed by atoms with Crippen LogP contribution in [0.5, 0.6) is 0 Å². The van der Waals surface area contributed by atoms with Crippen LogP contribution < -0.4 is 5.32 Å². The summed E-state index contributed by atoms with van der Waals surface area (Å²) in [6.45, 7) is 2.80. The molecule has 2 rings (SSSR count). The van der Waals surface area contributed by atoms with E-state index < -0.39 is 86.8 Å². The summed E-state index contributed by atoms with van der Waals surface area (Å²) >= 11 is 0. The molecule has 0 aliphatic carbocycles. The van der Waals surface area contributed by atoms with Gasteiger partial charge in [0.25, 0.3) is 0 Å². The fraction of sp³-hybridized carbons (Fsp3) is 0.885. The first-order chi connectivity index (χ1) is 36.6. The van der Waals surface area contributed by atoms with Crippen LogP contribution in [-0.2, 0) is 23.7 Å². The minimum absolute atomic E-state index is 0.248. The molecule has 2 aliphatic heterocycles. The van der Waals surface area contributed by atoms with E-state index in [4.69, 9.17) is 18.9 Å². The highest BCUT2D eigenvalue weighted by atomic mass is 16.7. The monoisotopic (exact) mass is 1070 g/mol. The predicted octanol–water partition coefficient (Wildman–Crippen LogP) is 10.6. The Morgan fingerprint density at radius 1 is 0.467 bits per heavy atom. The van der Waals surface area contributed by atoms with Crippen molar-refractivity contribution in [1.82, 2.24) is 5.32 Å². The van der Waals surface area contributed by atoms with E-state index in [1.165, 1.54) is 186 Å². The molecule has 2 saturated heterocycles. The fourth-order valence-corrected chi connectivity index (χ4v) is 10.1. The molecular formula is C61H113NO13. The van der Waals surface area contributed by atoms with Crippen molar-refractivity contribution in [3.8, 4) is 0 Å². The molecule has 0 aromatic carbocycles. The van der Waals surface area contributed by atoms with Gasteiger partial charge < -0.3 is 65.1 Å². The zero-order chi connectivity index (χ0) is 54.6. The van der Waals surface area contributed by atoms with Gasteiger partial charge in [0.05, 0.1) is 32.0 Å². The van der Waals surface area contributed by atoms with Gasteiger partial charge in [0.1, 0.15) is 48.8 Å². The highest BCUT2D eigenvalue weighted by molar-refractivity contribution is 5.76. The maximum absolute atomic E-state index is 13.3. The van der Waals surface area contributed by atoms with Crippen LogP contribution in [-0.4, -0.2) is 140 Å². The molecule has 0 aromatic rings. The maximum atomic E-state index is 13.3. The van der Waals surface area contributed by atoms with E-state index in [9.17, 15) is 45.6 Å². The summed E-state index contributed by atoms with van der Waals surface area (Å²) in [5.74, 6) is -0.248. The molecule has 9 N–H and O–H groups in total. The number of ether oxygens (including phenoxy) is 4. The lowest BCUT2D eigenvalue weighted by molar-refractivity contribution is -0.359. The van der Waals surface area contributed by atoms with Gasteiger partial charge in [-0.2, -0.15) is 0 Å². The van der Waals surface area contributed by atoms with E-state index in [0.29, 0.717) is 12.8 Å². The quantitative estimate of drug-likeness (QED) is 0.0204. The predicted molar refractivity (Wildman–Crippen MR) is 300 cm³/mol. The van der Waals surface area contributed by atoms with Crippen molar-refractivity contribution < 1.29 is 64.6 Å². The Morgan fingerprint density at radius 3 is 1.31 bits per heavy atom. The number of allylic oxidation sites excluding steroid dienone is 5. The maximum Gasteiger partial charge on any atom is 0.220 e. The lowest BCUT2D eigenvalue weighted by Gasteiger charge is -2.46. The highest BCUT2D eigenvalue weighted by Gasteiger charge is 2.51. The number of aliphatic hydroxyl groups excluding tert-OH is 8. The van der Waals surface area contributed by atoms with E-state index in [1.54, 1.807) is 6.08 Å². The normalized spacial score (nSPS) is 25.3. The lowest BCUT2D eigenvalue weighted by atomic mass is 9.97. The molecule has 14 heteroatoms. The number of hydrogen-bond acceptors (Lipinski definition) is 13. The third kappa shape index (κ3) is 32.8. The standard InChI is InChI=1S/C61H113NO13/c1-3-5-7-9-11-13-15-17-19-21-23-24-25-26-27-29-31-33-35-37-39-41-43-45-53(66)62-49(50(65)44-42-40-38-36-34-32-30-28-22-20-18-16-14-12-10-8-6-4-2)48-72-60-58(71)56(69)59(52(47-64)74-60)75-61-57(70)55(68)54(67)51(46-63)73-61/h21,23,34,36,42,44,49-52,54-61,63-65,67-71H,3-20,22,24-33,35,37-41,43,45-48H2,1-2H3,(H,62,66)/b23-21-,36-34+,44-42+. The Hall–Kier alpha value is -1.79. The molecular weight excluding hydrogens is 955 g/mol. The second-order valence-electron chi connectivity index (χ2n) is 21.8. The Morgan fingerprint density at radius 2 is 0.853 bits per heavy atom. The number of hydrogen-bond donors (Lipinski definition) is 9. The van der Waals surface area contributed by atoms with E-state index in [-0.39, 0.29) is 18.9 Å². The Kier molecular flexibility index (Phi) is 43.5. The number of amides is 1. The first-order valence-corrected chi connectivity index (χ1v) is 30.7. The van der Waals surface area contributed by atoms with E-state index in [0.717, 1.165) is 32.1 Å². The molecule has 12 atom stereocenters. The van der Waals surface area contributed by atoms with Crippen molar-refractivity contribution in [2.45, 2.75) is 325 Å². The molecule has 0 saturated carbocycles. The van der Waals surface area contributed by atoms with Crippen molar-refractivity contribution >= 4 is 5.91 Å². The third-order valence-corrected chi connectivity index (χ3v) is 15.0. The summed E-state index contributed by atoms with van der Waals surface area (Å²) in [6.07, 6.45) is 40.4. The molecule has 2 heterocycles. The van der Waals surface area contributed by atoms with Gasteiger partial charge in [-0.1, -0.05) is 224 Å². The van der Waals surface area contributed by atoms with Gasteiger partial charge >= 0.3 is 0 Å². The summed E-state index contributed by atoms with van der Waals surface area (Å²) in [6, 6.07) is -0.931. The van der Waals surface area contributed by atoms with Gasteiger partial charge in [-0.05, 0) is 57.8 Å². The fourth-order valence-electron chi connectivity index (χ4n) is 10.1. The van der Waals surface area contributed by atoms with Gasteiger partial charge in [0.2, 0.25) is 5.91 Å². The van der Waals surface area contributed by atoms with Crippen LogP contribution in [0.4, 0.5) is 0 Å². The number of rotatable bonds is 49. The zero-order valence-corrected chi connectivity index (χ0v) is 47.3. The SMILES string of the molecule is CCCCCCCCCC/C=C\CCCCCCCCCCCCCC(=O)NC(COC1OC(CO)C(OC2OC(CO)C(O)C(O)C2O)C(O)C1O)C(O)/C=C/CC/C=C/CCCCCCCCCCCCCC. The first kappa shape index (κ1) is 69.3. The molecule has 14 nitrogen and oxygen atoms in total. The molecule has 0 spiro atoms. The largest absolute Gasteiger partial charge is 0.394 e. The second kappa shape index (κ2) is 47.1. The number of aliphatic hydroxyl groups is 8. The minimum Gasteiger partial charge on any atom is -0.394 e. The second-order valence-corrected chi connectivity index (χ2v) is 21.8. The molecule has 12 unspecified atom stereocenters. The Labute approximate surface area is 455 Å². The van der Waals surface area contributed by atoms with Gasteiger partial charge in [-0.15, -0.1) is 0 Å². The van der Waals surface area contributed by atoms with Crippen LogP contribution in [0.15, 0.2) is 36.5 Å². The van der Waals surface area contributed by atoms with Crippen LogP contribution >= 0.6 is 0 Å². The van der Waals surface area contributed by atoms with Crippen LogP contribution in [0.2, 0.25) is 0 Å². The number of carbonyl (C=O) groups excluding carboxylic acids is 1. The first-order valence-electron chi connectivity index (χ1n) is 30.7. The molecule has 1 amide bonds. The van der Waals surface area contributed by atoms with Crippen LogP contribution in [0.25, 0.3) is 0 Å². The molecule has 2 fully saturated rings. The molecule has 2 aliphatic rings. The van der Waals surface area contributed by atoms with E-state index in [2.05, 4.69) is 43.5 Å². The van der Waals surface area contributed by atoms with Gasteiger partial charge in [0, 0.05) is 6.42 Å². The molecule has 0 bridgehead atoms. The molecule has 0 radical (unpaired) electrons. The minimum atomic E-state index is -1.79.